The fourth-order valence-corrected chi connectivity index (χ4v) is 2.00. The lowest BCUT2D eigenvalue weighted by atomic mass is 10.2. The lowest BCUT2D eigenvalue weighted by molar-refractivity contribution is -0.137. The van der Waals surface area contributed by atoms with Crippen molar-refractivity contribution in [3.63, 3.8) is 0 Å². The highest BCUT2D eigenvalue weighted by atomic mass is 19.4. The Hall–Kier alpha value is -1.46. The monoisotopic (exact) mass is 287 g/mol. The van der Waals surface area contributed by atoms with Crippen LogP contribution in [0.4, 0.5) is 24.8 Å². The maximum absolute atomic E-state index is 12.9. The standard InChI is InChI=1S/C14H20F3N3/c1-4-5-18-11-6-9(14(15,16)17)7-12(20-11)19-10-8-13(10,2)3/h6-7,10H,4-5,8H2,1-3H3,(H2,18,19,20). The molecular formula is C14H20F3N3. The summed E-state index contributed by atoms with van der Waals surface area (Å²) in [4.78, 5) is 4.21. The molecule has 0 amide bonds. The highest BCUT2D eigenvalue weighted by molar-refractivity contribution is 5.51. The predicted molar refractivity (Wildman–Crippen MR) is 73.8 cm³/mol. The third-order valence-electron chi connectivity index (χ3n) is 3.54. The van der Waals surface area contributed by atoms with Gasteiger partial charge in [-0.2, -0.15) is 13.2 Å². The van der Waals surface area contributed by atoms with Crippen LogP contribution in [0.25, 0.3) is 0 Å². The highest BCUT2D eigenvalue weighted by Crippen LogP contribution is 2.46. The molecule has 1 fully saturated rings. The molecule has 1 aromatic rings. The highest BCUT2D eigenvalue weighted by Gasteiger charge is 2.46. The Morgan fingerprint density at radius 3 is 2.40 bits per heavy atom. The molecule has 2 N–H and O–H groups in total. The van der Waals surface area contributed by atoms with Crippen LogP contribution in [0.3, 0.4) is 0 Å². The maximum Gasteiger partial charge on any atom is 0.416 e. The number of halogens is 3. The fourth-order valence-electron chi connectivity index (χ4n) is 2.00. The molecule has 6 heteroatoms. The van der Waals surface area contributed by atoms with Crippen molar-refractivity contribution >= 4 is 11.6 Å². The van der Waals surface area contributed by atoms with Crippen LogP contribution in [0.2, 0.25) is 0 Å². The number of anilines is 2. The minimum atomic E-state index is -4.36. The molecule has 3 nitrogen and oxygen atoms in total. The van der Waals surface area contributed by atoms with Crippen LogP contribution in [-0.2, 0) is 6.18 Å². The third kappa shape index (κ3) is 3.55. The second kappa shape index (κ2) is 5.14. The van der Waals surface area contributed by atoms with E-state index in [4.69, 9.17) is 0 Å². The lowest BCUT2D eigenvalue weighted by Gasteiger charge is -2.14. The van der Waals surface area contributed by atoms with Gasteiger partial charge in [-0.3, -0.25) is 0 Å². The Balaban J connectivity index is 2.21. The quantitative estimate of drug-likeness (QED) is 0.855. The second-order valence-electron chi connectivity index (χ2n) is 5.94. The number of rotatable bonds is 5. The van der Waals surface area contributed by atoms with Crippen molar-refractivity contribution < 1.29 is 13.2 Å². The van der Waals surface area contributed by atoms with Crippen molar-refractivity contribution in [2.45, 2.75) is 45.8 Å². The summed E-state index contributed by atoms with van der Waals surface area (Å²) in [6.07, 6.45) is -2.58. The fraction of sp³-hybridized carbons (Fsp3) is 0.643. The van der Waals surface area contributed by atoms with Crippen LogP contribution in [-0.4, -0.2) is 17.6 Å². The van der Waals surface area contributed by atoms with Crippen molar-refractivity contribution in [3.05, 3.63) is 17.7 Å². The molecule has 0 saturated heterocycles. The zero-order valence-corrected chi connectivity index (χ0v) is 11.9. The summed E-state index contributed by atoms with van der Waals surface area (Å²) in [7, 11) is 0. The van der Waals surface area contributed by atoms with Crippen LogP contribution in [0.15, 0.2) is 12.1 Å². The van der Waals surface area contributed by atoms with E-state index in [0.29, 0.717) is 6.54 Å². The third-order valence-corrected chi connectivity index (χ3v) is 3.54. The summed E-state index contributed by atoms with van der Waals surface area (Å²) in [6.45, 7) is 6.71. The Labute approximate surface area is 117 Å². The smallest absolute Gasteiger partial charge is 0.370 e. The number of nitrogens with zero attached hydrogens (tertiary/aromatic N) is 1. The van der Waals surface area contributed by atoms with Crippen LogP contribution in [0.1, 0.15) is 39.2 Å². The Kier molecular flexibility index (Phi) is 3.84. The van der Waals surface area contributed by atoms with E-state index in [-0.39, 0.29) is 23.1 Å². The van der Waals surface area contributed by atoms with Crippen molar-refractivity contribution in [2.24, 2.45) is 5.41 Å². The molecule has 1 aliphatic rings. The average Bonchev–Trinajstić information content (AvgIpc) is 2.92. The second-order valence-corrected chi connectivity index (χ2v) is 5.94. The van der Waals surface area contributed by atoms with Gasteiger partial charge in [0.1, 0.15) is 11.6 Å². The van der Waals surface area contributed by atoms with Crippen LogP contribution >= 0.6 is 0 Å². The van der Waals surface area contributed by atoms with Gasteiger partial charge in [0, 0.05) is 12.6 Å². The summed E-state index contributed by atoms with van der Waals surface area (Å²) < 4.78 is 38.7. The molecule has 20 heavy (non-hydrogen) atoms. The SMILES string of the molecule is CCCNc1cc(C(F)(F)F)cc(NC2CC2(C)C)n1. The van der Waals surface area contributed by atoms with Crippen molar-refractivity contribution in [2.75, 3.05) is 17.2 Å². The van der Waals surface area contributed by atoms with E-state index in [2.05, 4.69) is 29.5 Å². The van der Waals surface area contributed by atoms with E-state index in [1.807, 2.05) is 6.92 Å². The first kappa shape index (κ1) is 14.9. The van der Waals surface area contributed by atoms with Gasteiger partial charge in [0.25, 0.3) is 0 Å². The summed E-state index contributed by atoms with van der Waals surface area (Å²) in [5.74, 6) is 0.552. The molecular weight excluding hydrogens is 267 g/mol. The Morgan fingerprint density at radius 1 is 1.30 bits per heavy atom. The zero-order valence-electron chi connectivity index (χ0n) is 11.9. The number of hydrogen-bond donors (Lipinski definition) is 2. The summed E-state index contributed by atoms with van der Waals surface area (Å²) in [5, 5.41) is 5.99. The molecule has 0 aliphatic heterocycles. The van der Waals surface area contributed by atoms with Crippen LogP contribution < -0.4 is 10.6 Å². The first-order valence-corrected chi connectivity index (χ1v) is 6.82. The van der Waals surface area contributed by atoms with Crippen molar-refractivity contribution in [1.29, 1.82) is 0 Å². The van der Waals surface area contributed by atoms with Crippen LogP contribution in [0, 0.1) is 5.41 Å². The Morgan fingerprint density at radius 2 is 1.90 bits per heavy atom. The van der Waals surface area contributed by atoms with Gasteiger partial charge in [0.2, 0.25) is 0 Å². The topological polar surface area (TPSA) is 37.0 Å². The van der Waals surface area contributed by atoms with Gasteiger partial charge in [-0.25, -0.2) is 4.98 Å². The molecule has 1 heterocycles. The molecule has 112 valence electrons. The number of aromatic nitrogens is 1. The zero-order chi connectivity index (χ0) is 15.0. The summed E-state index contributed by atoms with van der Waals surface area (Å²) >= 11 is 0. The van der Waals surface area contributed by atoms with Crippen molar-refractivity contribution in [1.82, 2.24) is 4.98 Å². The molecule has 2 rings (SSSR count). The molecule has 0 aromatic carbocycles. The molecule has 1 aliphatic carbocycles. The van der Waals surface area contributed by atoms with E-state index in [1.165, 1.54) is 0 Å². The molecule has 0 spiro atoms. The number of alkyl halides is 3. The van der Waals surface area contributed by atoms with E-state index in [9.17, 15) is 13.2 Å². The maximum atomic E-state index is 12.9. The molecule has 1 aromatic heterocycles. The van der Waals surface area contributed by atoms with Gasteiger partial charge in [-0.05, 0) is 30.4 Å². The first-order valence-electron chi connectivity index (χ1n) is 6.82. The molecule has 1 unspecified atom stereocenters. The normalized spacial score (nSPS) is 20.6. The number of nitrogens with one attached hydrogen (secondary N) is 2. The lowest BCUT2D eigenvalue weighted by Crippen LogP contribution is -2.14. The van der Waals surface area contributed by atoms with Crippen molar-refractivity contribution in [3.8, 4) is 0 Å². The van der Waals surface area contributed by atoms with Gasteiger partial charge in [-0.1, -0.05) is 20.8 Å². The Bertz CT molecular complexity index is 483. The predicted octanol–water partition coefficient (Wildman–Crippen LogP) is 4.13. The van der Waals surface area contributed by atoms with E-state index in [0.717, 1.165) is 25.0 Å². The van der Waals surface area contributed by atoms with Crippen LogP contribution in [0.5, 0.6) is 0 Å². The number of hydrogen-bond acceptors (Lipinski definition) is 3. The van der Waals surface area contributed by atoms with Gasteiger partial charge in [-0.15, -0.1) is 0 Å². The van der Waals surface area contributed by atoms with Gasteiger partial charge >= 0.3 is 6.18 Å². The molecule has 0 radical (unpaired) electrons. The molecule has 0 bridgehead atoms. The van der Waals surface area contributed by atoms with Gasteiger partial charge < -0.3 is 10.6 Å². The number of pyridine rings is 1. The van der Waals surface area contributed by atoms with E-state index < -0.39 is 11.7 Å². The largest absolute Gasteiger partial charge is 0.416 e. The minimum absolute atomic E-state index is 0.132. The minimum Gasteiger partial charge on any atom is -0.370 e. The van der Waals surface area contributed by atoms with E-state index >= 15 is 0 Å². The molecule has 1 saturated carbocycles. The summed E-state index contributed by atoms with van der Waals surface area (Å²) in [5.41, 5.74) is -0.542. The van der Waals surface area contributed by atoms with Gasteiger partial charge in [0.05, 0.1) is 5.56 Å². The van der Waals surface area contributed by atoms with E-state index in [1.54, 1.807) is 0 Å². The first-order chi connectivity index (χ1) is 9.22. The average molecular weight is 287 g/mol. The van der Waals surface area contributed by atoms with Gasteiger partial charge in [0.15, 0.2) is 0 Å². The summed E-state index contributed by atoms with van der Waals surface area (Å²) in [6, 6.07) is 2.32. The molecule has 1 atom stereocenters.